The van der Waals surface area contributed by atoms with E-state index >= 15 is 0 Å². The molecule has 0 aliphatic rings. The van der Waals surface area contributed by atoms with Crippen molar-refractivity contribution in [1.82, 2.24) is 15.3 Å². The summed E-state index contributed by atoms with van der Waals surface area (Å²) in [4.78, 5) is 40.5. The van der Waals surface area contributed by atoms with Gasteiger partial charge in [0.1, 0.15) is 6.04 Å². The van der Waals surface area contributed by atoms with Gasteiger partial charge in [-0.15, -0.1) is 0 Å². The molecule has 0 spiro atoms. The zero-order valence-electron chi connectivity index (χ0n) is 13.4. The molecule has 5 N–H and O–H groups in total. The lowest BCUT2D eigenvalue weighted by molar-refractivity contribution is -0.120. The number of hydrogen-bond donors (Lipinski definition) is 5. The molecule has 0 aliphatic carbocycles. The highest BCUT2D eigenvalue weighted by Gasteiger charge is 2.16. The first-order chi connectivity index (χ1) is 12.0. The van der Waals surface area contributed by atoms with Crippen molar-refractivity contribution in [2.75, 3.05) is 10.6 Å². The Morgan fingerprint density at radius 1 is 0.960 bits per heavy atom. The van der Waals surface area contributed by atoms with E-state index in [1.807, 2.05) is 6.07 Å². The van der Waals surface area contributed by atoms with Crippen molar-refractivity contribution in [3.05, 3.63) is 59.0 Å². The molecule has 1 heterocycles. The van der Waals surface area contributed by atoms with E-state index in [1.54, 1.807) is 49.4 Å². The van der Waals surface area contributed by atoms with Gasteiger partial charge in [-0.1, -0.05) is 18.2 Å². The van der Waals surface area contributed by atoms with Crippen molar-refractivity contribution in [2.24, 2.45) is 0 Å². The number of amides is 3. The third-order valence-corrected chi connectivity index (χ3v) is 3.56. The van der Waals surface area contributed by atoms with E-state index in [0.29, 0.717) is 22.4 Å². The predicted molar refractivity (Wildman–Crippen MR) is 95.6 cm³/mol. The van der Waals surface area contributed by atoms with Crippen molar-refractivity contribution >= 4 is 34.3 Å². The number of H-pyrrole nitrogens is 2. The third-order valence-electron chi connectivity index (χ3n) is 3.56. The highest BCUT2D eigenvalue weighted by Crippen LogP contribution is 2.15. The number of urea groups is 1. The van der Waals surface area contributed by atoms with Crippen molar-refractivity contribution in [1.29, 1.82) is 0 Å². The number of imide groups is 1. The Hall–Kier alpha value is -3.55. The number of para-hydroxylation sites is 1. The van der Waals surface area contributed by atoms with Gasteiger partial charge in [-0.25, -0.2) is 9.59 Å². The summed E-state index contributed by atoms with van der Waals surface area (Å²) in [6.45, 7) is 1.63. The van der Waals surface area contributed by atoms with Crippen LogP contribution in [0.25, 0.3) is 11.0 Å². The number of rotatable bonds is 4. The monoisotopic (exact) mass is 339 g/mol. The molecule has 0 bridgehead atoms. The molecule has 3 amide bonds. The Labute approximate surface area is 142 Å². The highest BCUT2D eigenvalue weighted by atomic mass is 16.2. The van der Waals surface area contributed by atoms with Crippen LogP contribution in [-0.2, 0) is 4.79 Å². The Morgan fingerprint density at radius 3 is 2.44 bits per heavy atom. The first-order valence-corrected chi connectivity index (χ1v) is 7.67. The number of nitrogens with one attached hydrogen (secondary N) is 5. The molecule has 0 radical (unpaired) electrons. The van der Waals surface area contributed by atoms with Gasteiger partial charge in [0.25, 0.3) is 0 Å². The molecule has 128 valence electrons. The first-order valence-electron chi connectivity index (χ1n) is 7.67. The van der Waals surface area contributed by atoms with Crippen LogP contribution in [0.1, 0.15) is 6.92 Å². The molecule has 0 unspecified atom stereocenters. The topological polar surface area (TPSA) is 119 Å². The SMILES string of the molecule is C[C@@H](Nc1ccc2[nH]c(=O)[nH]c2c1)C(=O)NC(=O)Nc1ccccc1. The molecule has 0 fully saturated rings. The van der Waals surface area contributed by atoms with Crippen LogP contribution in [0.5, 0.6) is 0 Å². The predicted octanol–water partition coefficient (Wildman–Crippen LogP) is 2.00. The number of fused-ring (bicyclic) bond motifs is 1. The molecule has 1 atom stereocenters. The number of benzene rings is 2. The number of carbonyl (C=O) groups excluding carboxylic acids is 2. The summed E-state index contributed by atoms with van der Waals surface area (Å²) in [5, 5.41) is 7.83. The number of anilines is 2. The van der Waals surface area contributed by atoms with Crippen LogP contribution in [0.2, 0.25) is 0 Å². The van der Waals surface area contributed by atoms with E-state index in [9.17, 15) is 14.4 Å². The Bertz CT molecular complexity index is 961. The fourth-order valence-corrected chi connectivity index (χ4v) is 2.34. The highest BCUT2D eigenvalue weighted by molar-refractivity contribution is 6.03. The van der Waals surface area contributed by atoms with Crippen LogP contribution < -0.4 is 21.6 Å². The zero-order valence-corrected chi connectivity index (χ0v) is 13.4. The lowest BCUT2D eigenvalue weighted by atomic mass is 10.2. The maximum absolute atomic E-state index is 12.1. The van der Waals surface area contributed by atoms with E-state index < -0.39 is 18.0 Å². The minimum Gasteiger partial charge on any atom is -0.374 e. The second-order valence-corrected chi connectivity index (χ2v) is 5.51. The van der Waals surface area contributed by atoms with E-state index in [0.717, 1.165) is 0 Å². The maximum Gasteiger partial charge on any atom is 0.325 e. The van der Waals surface area contributed by atoms with Crippen LogP contribution in [0, 0.1) is 0 Å². The number of imidazole rings is 1. The van der Waals surface area contributed by atoms with Gasteiger partial charge in [-0.3, -0.25) is 10.1 Å². The van der Waals surface area contributed by atoms with E-state index in [4.69, 9.17) is 0 Å². The van der Waals surface area contributed by atoms with Gasteiger partial charge in [-0.2, -0.15) is 0 Å². The summed E-state index contributed by atoms with van der Waals surface area (Å²) >= 11 is 0. The lowest BCUT2D eigenvalue weighted by Gasteiger charge is -2.15. The largest absolute Gasteiger partial charge is 0.374 e. The van der Waals surface area contributed by atoms with Crippen LogP contribution in [-0.4, -0.2) is 27.9 Å². The summed E-state index contributed by atoms with van der Waals surface area (Å²) in [6, 6.07) is 12.8. The van der Waals surface area contributed by atoms with E-state index in [-0.39, 0.29) is 5.69 Å². The van der Waals surface area contributed by atoms with E-state index in [2.05, 4.69) is 25.9 Å². The first kappa shape index (κ1) is 16.3. The average Bonchev–Trinajstić information content (AvgIpc) is 2.94. The van der Waals surface area contributed by atoms with Gasteiger partial charge in [0.15, 0.2) is 0 Å². The second-order valence-electron chi connectivity index (χ2n) is 5.51. The van der Waals surface area contributed by atoms with Crippen LogP contribution in [0.3, 0.4) is 0 Å². The molecule has 8 nitrogen and oxygen atoms in total. The summed E-state index contributed by atoms with van der Waals surface area (Å²) in [6.07, 6.45) is 0. The summed E-state index contributed by atoms with van der Waals surface area (Å²) in [5.41, 5.74) is 2.25. The fraction of sp³-hybridized carbons (Fsp3) is 0.118. The smallest absolute Gasteiger partial charge is 0.325 e. The van der Waals surface area contributed by atoms with Gasteiger partial charge in [0, 0.05) is 11.4 Å². The average molecular weight is 339 g/mol. The molecule has 3 aromatic rings. The van der Waals surface area contributed by atoms with Gasteiger partial charge in [-0.05, 0) is 37.3 Å². The molecule has 8 heteroatoms. The molecular weight excluding hydrogens is 322 g/mol. The van der Waals surface area contributed by atoms with Crippen LogP contribution in [0.15, 0.2) is 53.3 Å². The zero-order chi connectivity index (χ0) is 17.8. The number of hydrogen-bond acceptors (Lipinski definition) is 4. The second kappa shape index (κ2) is 6.91. The molecule has 2 aromatic carbocycles. The van der Waals surface area contributed by atoms with Gasteiger partial charge < -0.3 is 20.6 Å². The minimum atomic E-state index is -0.648. The van der Waals surface area contributed by atoms with Gasteiger partial charge >= 0.3 is 11.7 Å². The van der Waals surface area contributed by atoms with E-state index in [1.165, 1.54) is 0 Å². The standard InChI is InChI=1S/C17H17N5O3/c1-10(15(23)22-16(24)19-11-5-3-2-4-6-11)18-12-7-8-13-14(9-12)21-17(25)20-13/h2-10,18H,1H3,(H2,20,21,25)(H2,19,22,23,24)/t10-/m1/s1. The molecule has 1 aromatic heterocycles. The molecule has 3 rings (SSSR count). The Kier molecular flexibility index (Phi) is 4.51. The molecular formula is C17H17N5O3. The summed E-state index contributed by atoms with van der Waals surface area (Å²) in [5.74, 6) is -0.476. The van der Waals surface area contributed by atoms with Crippen molar-refractivity contribution < 1.29 is 9.59 Å². The molecule has 0 saturated carbocycles. The lowest BCUT2D eigenvalue weighted by Crippen LogP contribution is -2.42. The van der Waals surface area contributed by atoms with Gasteiger partial charge in [0.2, 0.25) is 5.91 Å². The maximum atomic E-state index is 12.1. The Morgan fingerprint density at radius 2 is 1.68 bits per heavy atom. The number of aromatic nitrogens is 2. The fourth-order valence-electron chi connectivity index (χ4n) is 2.34. The number of carbonyl (C=O) groups is 2. The third kappa shape index (κ3) is 4.05. The van der Waals surface area contributed by atoms with Crippen LogP contribution in [0.4, 0.5) is 16.2 Å². The Balaban J connectivity index is 1.59. The molecule has 25 heavy (non-hydrogen) atoms. The number of aromatic amines is 2. The van der Waals surface area contributed by atoms with Crippen molar-refractivity contribution in [3.8, 4) is 0 Å². The summed E-state index contributed by atoms with van der Waals surface area (Å²) < 4.78 is 0. The van der Waals surface area contributed by atoms with Crippen molar-refractivity contribution in [2.45, 2.75) is 13.0 Å². The van der Waals surface area contributed by atoms with Gasteiger partial charge in [0.05, 0.1) is 11.0 Å². The molecule has 0 saturated heterocycles. The van der Waals surface area contributed by atoms with Crippen molar-refractivity contribution in [3.63, 3.8) is 0 Å². The minimum absolute atomic E-state index is 0.296. The quantitative estimate of drug-likeness (QED) is 0.499. The molecule has 0 aliphatic heterocycles. The summed E-state index contributed by atoms with van der Waals surface area (Å²) in [7, 11) is 0. The normalized spacial score (nSPS) is 11.7. The van der Waals surface area contributed by atoms with Crippen LogP contribution >= 0.6 is 0 Å².